The van der Waals surface area contributed by atoms with Crippen molar-refractivity contribution in [3.05, 3.63) is 58.6 Å². The van der Waals surface area contributed by atoms with E-state index >= 15 is 0 Å². The number of carbonyl (C=O) groups excluding carboxylic acids is 1. The second-order valence-electron chi connectivity index (χ2n) is 4.52. The molecule has 5 heteroatoms. The number of nitrogens with zero attached hydrogens (tertiary/aromatic N) is 2. The normalized spacial score (nSPS) is 11.9. The number of aromatic nitrogens is 2. The Labute approximate surface area is 123 Å². The van der Waals surface area contributed by atoms with E-state index in [-0.39, 0.29) is 22.8 Å². The lowest BCUT2D eigenvalue weighted by atomic mass is 10.0. The number of benzene rings is 1. The van der Waals surface area contributed by atoms with Gasteiger partial charge in [0.05, 0.1) is 18.4 Å². The smallest absolute Gasteiger partial charge is 0.272 e. The van der Waals surface area contributed by atoms with Crippen LogP contribution in [0.4, 0.5) is 0 Å². The first-order chi connectivity index (χ1) is 9.60. The molecule has 1 amide bonds. The van der Waals surface area contributed by atoms with Crippen molar-refractivity contribution in [2.45, 2.75) is 26.3 Å². The quantitative estimate of drug-likeness (QED) is 0.940. The lowest BCUT2D eigenvalue weighted by Crippen LogP contribution is -2.27. The van der Waals surface area contributed by atoms with E-state index in [2.05, 4.69) is 34.3 Å². The molecule has 1 aromatic carbocycles. The molecule has 4 nitrogen and oxygen atoms in total. The van der Waals surface area contributed by atoms with Gasteiger partial charge in [0.1, 0.15) is 10.8 Å². The highest BCUT2D eigenvalue weighted by Gasteiger charge is 2.13. The van der Waals surface area contributed by atoms with Crippen LogP contribution in [0.25, 0.3) is 0 Å². The van der Waals surface area contributed by atoms with Crippen LogP contribution < -0.4 is 5.32 Å². The van der Waals surface area contributed by atoms with Crippen molar-refractivity contribution in [1.82, 2.24) is 15.3 Å². The van der Waals surface area contributed by atoms with Crippen LogP contribution in [0.2, 0.25) is 5.15 Å². The number of amides is 1. The Hall–Kier alpha value is -1.94. The van der Waals surface area contributed by atoms with Crippen molar-refractivity contribution in [2.24, 2.45) is 0 Å². The van der Waals surface area contributed by atoms with E-state index in [0.29, 0.717) is 0 Å². The summed E-state index contributed by atoms with van der Waals surface area (Å²) < 4.78 is 0. The van der Waals surface area contributed by atoms with Crippen molar-refractivity contribution in [3.8, 4) is 0 Å². The first-order valence-electron chi connectivity index (χ1n) is 6.47. The molecule has 0 saturated heterocycles. The van der Waals surface area contributed by atoms with Gasteiger partial charge in [-0.3, -0.25) is 9.78 Å². The Bertz CT molecular complexity index is 598. The Morgan fingerprint density at radius 3 is 2.60 bits per heavy atom. The van der Waals surface area contributed by atoms with Crippen LogP contribution in [0.5, 0.6) is 0 Å². The lowest BCUT2D eigenvalue weighted by Gasteiger charge is -2.14. The summed E-state index contributed by atoms with van der Waals surface area (Å²) in [6.07, 6.45) is 3.79. The summed E-state index contributed by atoms with van der Waals surface area (Å²) in [5, 5.41) is 3.08. The van der Waals surface area contributed by atoms with E-state index in [0.717, 1.165) is 12.0 Å². The van der Waals surface area contributed by atoms with E-state index in [1.807, 2.05) is 19.1 Å². The molecule has 0 radical (unpaired) electrons. The number of hydrogen-bond acceptors (Lipinski definition) is 3. The van der Waals surface area contributed by atoms with E-state index in [4.69, 9.17) is 11.6 Å². The number of carbonyl (C=O) groups is 1. The van der Waals surface area contributed by atoms with Crippen LogP contribution in [0.15, 0.2) is 36.7 Å². The zero-order valence-corrected chi connectivity index (χ0v) is 12.2. The zero-order chi connectivity index (χ0) is 14.5. The van der Waals surface area contributed by atoms with E-state index in [9.17, 15) is 4.79 Å². The highest BCUT2D eigenvalue weighted by atomic mass is 35.5. The maximum atomic E-state index is 12.0. The summed E-state index contributed by atoms with van der Waals surface area (Å²) in [5.41, 5.74) is 2.54. The van der Waals surface area contributed by atoms with Crippen LogP contribution in [-0.4, -0.2) is 15.9 Å². The summed E-state index contributed by atoms with van der Waals surface area (Å²) in [6, 6.07) is 8.07. The monoisotopic (exact) mass is 289 g/mol. The van der Waals surface area contributed by atoms with Gasteiger partial charge in [0, 0.05) is 0 Å². The summed E-state index contributed by atoms with van der Waals surface area (Å²) >= 11 is 5.72. The number of rotatable bonds is 4. The minimum Gasteiger partial charge on any atom is -0.344 e. The molecule has 0 aliphatic carbocycles. The number of aryl methyl sites for hydroxylation is 1. The molecular formula is C15H16ClN3O. The molecule has 104 valence electrons. The number of nitrogens with one attached hydrogen (secondary N) is 1. The van der Waals surface area contributed by atoms with E-state index in [1.165, 1.54) is 18.0 Å². The minimum absolute atomic E-state index is 0.103. The van der Waals surface area contributed by atoms with Crippen molar-refractivity contribution in [3.63, 3.8) is 0 Å². The topological polar surface area (TPSA) is 54.9 Å². The second kappa shape index (κ2) is 6.48. The van der Waals surface area contributed by atoms with Gasteiger partial charge in [0.15, 0.2) is 0 Å². The maximum absolute atomic E-state index is 12.0. The molecule has 2 rings (SSSR count). The van der Waals surface area contributed by atoms with Gasteiger partial charge in [0.2, 0.25) is 0 Å². The van der Waals surface area contributed by atoms with Gasteiger partial charge in [-0.15, -0.1) is 0 Å². The second-order valence-corrected chi connectivity index (χ2v) is 4.90. The molecule has 0 fully saturated rings. The molecule has 20 heavy (non-hydrogen) atoms. The first kappa shape index (κ1) is 14.5. The third-order valence-electron chi connectivity index (χ3n) is 3.07. The fourth-order valence-corrected chi connectivity index (χ4v) is 1.99. The minimum atomic E-state index is -0.285. The third-order valence-corrected chi connectivity index (χ3v) is 3.26. The van der Waals surface area contributed by atoms with Crippen molar-refractivity contribution < 1.29 is 4.79 Å². The molecule has 0 saturated carbocycles. The molecule has 0 aliphatic heterocycles. The van der Waals surface area contributed by atoms with Gasteiger partial charge < -0.3 is 5.32 Å². The maximum Gasteiger partial charge on any atom is 0.272 e. The van der Waals surface area contributed by atoms with Crippen LogP contribution in [0.1, 0.15) is 41.5 Å². The lowest BCUT2D eigenvalue weighted by molar-refractivity contribution is 0.0934. The van der Waals surface area contributed by atoms with Crippen molar-refractivity contribution in [2.75, 3.05) is 0 Å². The van der Waals surface area contributed by atoms with Gasteiger partial charge >= 0.3 is 0 Å². The number of hydrogen-bond donors (Lipinski definition) is 1. The Balaban J connectivity index is 2.06. The van der Waals surface area contributed by atoms with Crippen LogP contribution in [-0.2, 0) is 6.42 Å². The van der Waals surface area contributed by atoms with Crippen LogP contribution in [0.3, 0.4) is 0 Å². The third kappa shape index (κ3) is 3.54. The summed E-state index contributed by atoms with van der Waals surface area (Å²) in [4.78, 5) is 19.8. The largest absolute Gasteiger partial charge is 0.344 e. The molecule has 2 aromatic rings. The molecule has 1 heterocycles. The highest BCUT2D eigenvalue weighted by Crippen LogP contribution is 2.14. The molecule has 1 atom stereocenters. The van der Waals surface area contributed by atoms with Gasteiger partial charge in [0.25, 0.3) is 5.91 Å². The van der Waals surface area contributed by atoms with Crippen molar-refractivity contribution >= 4 is 17.5 Å². The average molecular weight is 290 g/mol. The summed E-state index contributed by atoms with van der Waals surface area (Å²) in [6.45, 7) is 4.04. The predicted octanol–water partition coefficient (Wildman–Crippen LogP) is 3.18. The predicted molar refractivity (Wildman–Crippen MR) is 78.7 cm³/mol. The van der Waals surface area contributed by atoms with Gasteiger partial charge in [-0.1, -0.05) is 42.8 Å². The molecule has 1 aromatic heterocycles. The Morgan fingerprint density at radius 2 is 2.00 bits per heavy atom. The Morgan fingerprint density at radius 1 is 1.30 bits per heavy atom. The van der Waals surface area contributed by atoms with Gasteiger partial charge in [-0.05, 0) is 24.5 Å². The van der Waals surface area contributed by atoms with Crippen LogP contribution in [0, 0.1) is 0 Å². The highest BCUT2D eigenvalue weighted by molar-refractivity contribution is 6.29. The average Bonchev–Trinajstić information content (AvgIpc) is 2.47. The summed E-state index contributed by atoms with van der Waals surface area (Å²) in [5.74, 6) is -0.285. The molecule has 1 unspecified atom stereocenters. The SMILES string of the molecule is CCc1ccc(C(C)NC(=O)c2cncc(Cl)n2)cc1. The summed E-state index contributed by atoms with van der Waals surface area (Å²) in [7, 11) is 0. The molecule has 0 spiro atoms. The molecule has 0 aliphatic rings. The fourth-order valence-electron chi connectivity index (χ4n) is 1.85. The zero-order valence-electron chi connectivity index (χ0n) is 11.4. The number of halogens is 1. The molecule has 0 bridgehead atoms. The van der Waals surface area contributed by atoms with Crippen LogP contribution >= 0.6 is 11.6 Å². The van der Waals surface area contributed by atoms with E-state index < -0.39 is 0 Å². The van der Waals surface area contributed by atoms with Gasteiger partial charge in [-0.25, -0.2) is 4.98 Å². The van der Waals surface area contributed by atoms with Crippen molar-refractivity contribution in [1.29, 1.82) is 0 Å². The first-order valence-corrected chi connectivity index (χ1v) is 6.85. The van der Waals surface area contributed by atoms with E-state index in [1.54, 1.807) is 0 Å². The Kier molecular flexibility index (Phi) is 4.69. The standard InChI is InChI=1S/C15H16ClN3O/c1-3-11-4-6-12(7-5-11)10(2)18-15(20)13-8-17-9-14(16)19-13/h4-10H,3H2,1-2H3,(H,18,20). The fraction of sp³-hybridized carbons (Fsp3) is 0.267. The van der Waals surface area contributed by atoms with Gasteiger partial charge in [-0.2, -0.15) is 0 Å². The molecule has 1 N–H and O–H groups in total. The molecular weight excluding hydrogens is 274 g/mol.